The van der Waals surface area contributed by atoms with Crippen LogP contribution < -0.4 is 0 Å². The fourth-order valence-electron chi connectivity index (χ4n) is 2.16. The van der Waals surface area contributed by atoms with Crippen molar-refractivity contribution >= 4 is 10.2 Å². The first-order valence-electron chi connectivity index (χ1n) is 6.17. The van der Waals surface area contributed by atoms with Crippen LogP contribution in [0, 0.1) is 0 Å². The van der Waals surface area contributed by atoms with Crippen LogP contribution in [0.3, 0.4) is 0 Å². The maximum absolute atomic E-state index is 12.4. The van der Waals surface area contributed by atoms with Crippen molar-refractivity contribution in [3.8, 4) is 0 Å². The molecule has 1 heterocycles. The summed E-state index contributed by atoms with van der Waals surface area (Å²) in [6, 6.07) is -0.352. The Morgan fingerprint density at radius 1 is 1.39 bits per heavy atom. The molecule has 0 aliphatic carbocycles. The van der Waals surface area contributed by atoms with Gasteiger partial charge in [-0.2, -0.15) is 17.0 Å². The number of piperidine rings is 1. The molecule has 1 aliphatic rings. The van der Waals surface area contributed by atoms with Gasteiger partial charge in [0.25, 0.3) is 10.2 Å². The summed E-state index contributed by atoms with van der Waals surface area (Å²) in [6.45, 7) is 3.76. The smallest absolute Gasteiger partial charge is 0.282 e. The van der Waals surface area contributed by atoms with E-state index in [-0.39, 0.29) is 32.3 Å². The summed E-state index contributed by atoms with van der Waals surface area (Å²) in [5.74, 6) is 0. The summed E-state index contributed by atoms with van der Waals surface area (Å²) in [4.78, 5) is 0. The van der Waals surface area contributed by atoms with Gasteiger partial charge in [-0.15, -0.1) is 6.58 Å². The molecule has 0 spiro atoms. The van der Waals surface area contributed by atoms with Crippen molar-refractivity contribution < 1.29 is 18.6 Å². The van der Waals surface area contributed by atoms with E-state index in [9.17, 15) is 13.5 Å². The van der Waals surface area contributed by atoms with Gasteiger partial charge in [-0.05, 0) is 12.8 Å². The molecule has 0 bridgehead atoms. The van der Waals surface area contributed by atoms with E-state index in [0.717, 1.165) is 12.8 Å². The highest BCUT2D eigenvalue weighted by atomic mass is 32.2. The molecule has 7 heteroatoms. The van der Waals surface area contributed by atoms with Gasteiger partial charge in [-0.3, -0.25) is 0 Å². The van der Waals surface area contributed by atoms with Crippen LogP contribution in [0.4, 0.5) is 0 Å². The summed E-state index contributed by atoms with van der Waals surface area (Å²) in [7, 11) is -3.63. The second-order valence-electron chi connectivity index (χ2n) is 4.32. The predicted molar refractivity (Wildman–Crippen MR) is 69.2 cm³/mol. The van der Waals surface area contributed by atoms with E-state index >= 15 is 0 Å². The highest BCUT2D eigenvalue weighted by Crippen LogP contribution is 2.22. The molecule has 0 aromatic rings. The highest BCUT2D eigenvalue weighted by molar-refractivity contribution is 7.86. The molecule has 0 saturated carbocycles. The van der Waals surface area contributed by atoms with Crippen molar-refractivity contribution in [2.24, 2.45) is 0 Å². The van der Waals surface area contributed by atoms with Crippen molar-refractivity contribution in [3.05, 3.63) is 12.7 Å². The molecule has 1 fully saturated rings. The van der Waals surface area contributed by atoms with E-state index in [4.69, 9.17) is 5.11 Å². The maximum atomic E-state index is 12.4. The number of aliphatic hydroxyl groups is 2. The number of nitrogens with zero attached hydrogens (tertiary/aromatic N) is 2. The van der Waals surface area contributed by atoms with E-state index in [1.54, 1.807) is 0 Å². The molecule has 1 saturated heterocycles. The Labute approximate surface area is 109 Å². The van der Waals surface area contributed by atoms with Gasteiger partial charge in [-0.1, -0.05) is 12.5 Å². The lowest BCUT2D eigenvalue weighted by atomic mass is 10.1. The van der Waals surface area contributed by atoms with Gasteiger partial charge in [0.15, 0.2) is 0 Å². The predicted octanol–water partition coefficient (Wildman–Crippen LogP) is -0.442. The molecule has 0 amide bonds. The van der Waals surface area contributed by atoms with Crippen molar-refractivity contribution in [2.45, 2.75) is 25.3 Å². The summed E-state index contributed by atoms with van der Waals surface area (Å²) in [5, 5.41) is 18.2. The third-order valence-corrected chi connectivity index (χ3v) is 5.15. The maximum Gasteiger partial charge on any atom is 0.282 e. The standard InChI is InChI=1S/C11H22N2O4S/c1-2-6-12(8-9-14)18(16,17)13-7-4-3-5-11(13)10-15/h2,11,14-15H,1,3-10H2. The lowest BCUT2D eigenvalue weighted by Gasteiger charge is -2.36. The SMILES string of the molecule is C=CCN(CCO)S(=O)(=O)N1CCCCC1CO. The lowest BCUT2D eigenvalue weighted by molar-refractivity contribution is 0.146. The van der Waals surface area contributed by atoms with Crippen LogP contribution in [0.15, 0.2) is 12.7 Å². The molecule has 1 aliphatic heterocycles. The molecule has 18 heavy (non-hydrogen) atoms. The number of hydrogen-bond acceptors (Lipinski definition) is 4. The number of hydrogen-bond donors (Lipinski definition) is 2. The van der Waals surface area contributed by atoms with Crippen LogP contribution in [-0.4, -0.2) is 66.1 Å². The van der Waals surface area contributed by atoms with Crippen molar-refractivity contribution in [1.29, 1.82) is 0 Å². The minimum absolute atomic E-state index is 0.0446. The Bertz CT molecular complexity index is 358. The number of aliphatic hydroxyl groups excluding tert-OH is 2. The van der Waals surface area contributed by atoms with Gasteiger partial charge in [0, 0.05) is 25.7 Å². The van der Waals surface area contributed by atoms with Crippen LogP contribution in [0.2, 0.25) is 0 Å². The van der Waals surface area contributed by atoms with E-state index in [2.05, 4.69) is 6.58 Å². The van der Waals surface area contributed by atoms with Crippen LogP contribution in [0.5, 0.6) is 0 Å². The van der Waals surface area contributed by atoms with Crippen LogP contribution in [0.1, 0.15) is 19.3 Å². The summed E-state index contributed by atoms with van der Waals surface area (Å²) in [5.41, 5.74) is 0. The first kappa shape index (κ1) is 15.6. The van der Waals surface area contributed by atoms with E-state index in [1.807, 2.05) is 0 Å². The zero-order valence-electron chi connectivity index (χ0n) is 10.5. The van der Waals surface area contributed by atoms with Crippen LogP contribution in [0.25, 0.3) is 0 Å². The fraction of sp³-hybridized carbons (Fsp3) is 0.818. The fourth-order valence-corrected chi connectivity index (χ4v) is 3.98. The number of rotatable bonds is 7. The Hall–Kier alpha value is -0.470. The molecular formula is C11H22N2O4S. The van der Waals surface area contributed by atoms with Gasteiger partial charge in [0.2, 0.25) is 0 Å². The van der Waals surface area contributed by atoms with Gasteiger partial charge < -0.3 is 10.2 Å². The summed E-state index contributed by atoms with van der Waals surface area (Å²) < 4.78 is 27.4. The Kier molecular flexibility index (Phi) is 6.24. The molecule has 106 valence electrons. The molecule has 0 aromatic carbocycles. The van der Waals surface area contributed by atoms with E-state index in [0.29, 0.717) is 13.0 Å². The summed E-state index contributed by atoms with van der Waals surface area (Å²) >= 11 is 0. The van der Waals surface area contributed by atoms with E-state index in [1.165, 1.54) is 14.7 Å². The average Bonchev–Trinajstić information content (AvgIpc) is 2.38. The average molecular weight is 278 g/mol. The topological polar surface area (TPSA) is 81.1 Å². The second-order valence-corrected chi connectivity index (χ2v) is 6.20. The van der Waals surface area contributed by atoms with E-state index < -0.39 is 10.2 Å². The van der Waals surface area contributed by atoms with Gasteiger partial charge in [0.1, 0.15) is 0 Å². The molecule has 1 rings (SSSR count). The quantitative estimate of drug-likeness (QED) is 0.619. The minimum atomic E-state index is -3.63. The van der Waals surface area contributed by atoms with Crippen molar-refractivity contribution in [2.75, 3.05) is 32.8 Å². The van der Waals surface area contributed by atoms with Gasteiger partial charge in [0.05, 0.1) is 13.2 Å². The zero-order valence-corrected chi connectivity index (χ0v) is 11.3. The summed E-state index contributed by atoms with van der Waals surface area (Å²) in [6.07, 6.45) is 3.90. The minimum Gasteiger partial charge on any atom is -0.395 e. The molecule has 1 atom stereocenters. The van der Waals surface area contributed by atoms with Crippen molar-refractivity contribution in [3.63, 3.8) is 0 Å². The largest absolute Gasteiger partial charge is 0.395 e. The first-order valence-corrected chi connectivity index (χ1v) is 7.57. The monoisotopic (exact) mass is 278 g/mol. The third-order valence-electron chi connectivity index (χ3n) is 3.09. The molecule has 2 N–H and O–H groups in total. The third kappa shape index (κ3) is 3.52. The highest BCUT2D eigenvalue weighted by Gasteiger charge is 2.35. The van der Waals surface area contributed by atoms with Gasteiger partial charge >= 0.3 is 0 Å². The molecule has 1 unspecified atom stereocenters. The lowest BCUT2D eigenvalue weighted by Crippen LogP contribution is -2.52. The van der Waals surface area contributed by atoms with Crippen LogP contribution >= 0.6 is 0 Å². The van der Waals surface area contributed by atoms with Crippen LogP contribution in [-0.2, 0) is 10.2 Å². The second kappa shape index (κ2) is 7.20. The molecular weight excluding hydrogens is 256 g/mol. The van der Waals surface area contributed by atoms with Crippen molar-refractivity contribution in [1.82, 2.24) is 8.61 Å². The zero-order chi connectivity index (χ0) is 13.6. The molecule has 0 radical (unpaired) electrons. The van der Waals surface area contributed by atoms with Gasteiger partial charge in [-0.25, -0.2) is 0 Å². The normalized spacial score (nSPS) is 22.3. The Morgan fingerprint density at radius 2 is 2.11 bits per heavy atom. The molecule has 0 aromatic heterocycles. The Morgan fingerprint density at radius 3 is 2.67 bits per heavy atom. The first-order chi connectivity index (χ1) is 8.57. The molecule has 6 nitrogen and oxygen atoms in total. The Balaban J connectivity index is 2.89.